The van der Waals surface area contributed by atoms with Crippen molar-refractivity contribution in [2.75, 3.05) is 6.54 Å². The number of hydrogen-bond donors (Lipinski definition) is 1. The van der Waals surface area contributed by atoms with Gasteiger partial charge in [-0.15, -0.1) is 6.58 Å². The Bertz CT molecular complexity index is 123. The van der Waals surface area contributed by atoms with E-state index in [2.05, 4.69) is 18.8 Å². The van der Waals surface area contributed by atoms with Crippen LogP contribution in [0.2, 0.25) is 0 Å². The van der Waals surface area contributed by atoms with Crippen LogP contribution in [-0.4, -0.2) is 12.1 Å². The molecule has 0 spiro atoms. The minimum absolute atomic E-state index is 0.447. The molecular formula is C10H19N. The smallest absolute Gasteiger partial charge is 0.0153 e. The Kier molecular flexibility index (Phi) is 3.13. The van der Waals surface area contributed by atoms with Gasteiger partial charge in [-0.05, 0) is 45.6 Å². The second kappa shape index (κ2) is 3.91. The van der Waals surface area contributed by atoms with Crippen molar-refractivity contribution >= 4 is 0 Å². The van der Waals surface area contributed by atoms with Crippen molar-refractivity contribution in [3.8, 4) is 0 Å². The average Bonchev–Trinajstić information content (AvgIpc) is 2.38. The number of nitrogens with one attached hydrogen (secondary N) is 1. The molecule has 1 aliphatic heterocycles. The van der Waals surface area contributed by atoms with Crippen LogP contribution in [0.15, 0.2) is 12.7 Å². The number of allylic oxidation sites excluding steroid dienone is 1. The molecule has 1 nitrogen and oxygen atoms in total. The quantitative estimate of drug-likeness (QED) is 0.483. The summed E-state index contributed by atoms with van der Waals surface area (Å²) in [6, 6.07) is 0. The van der Waals surface area contributed by atoms with Crippen LogP contribution in [-0.2, 0) is 0 Å². The van der Waals surface area contributed by atoms with Gasteiger partial charge in [0, 0.05) is 5.54 Å². The summed E-state index contributed by atoms with van der Waals surface area (Å²) >= 11 is 0. The van der Waals surface area contributed by atoms with E-state index in [4.69, 9.17) is 0 Å². The van der Waals surface area contributed by atoms with Crippen LogP contribution in [0.4, 0.5) is 0 Å². The van der Waals surface area contributed by atoms with Crippen LogP contribution in [0, 0.1) is 0 Å². The van der Waals surface area contributed by atoms with E-state index in [0.29, 0.717) is 5.54 Å². The second-order valence-corrected chi connectivity index (χ2v) is 3.77. The van der Waals surface area contributed by atoms with Gasteiger partial charge in [-0.25, -0.2) is 0 Å². The lowest BCUT2D eigenvalue weighted by Gasteiger charge is -2.23. The van der Waals surface area contributed by atoms with Gasteiger partial charge in [0.25, 0.3) is 0 Å². The SMILES string of the molecule is C=CCCCC1(C)CCCN1. The largest absolute Gasteiger partial charge is 0.312 e. The summed E-state index contributed by atoms with van der Waals surface area (Å²) in [5.74, 6) is 0. The van der Waals surface area contributed by atoms with Gasteiger partial charge < -0.3 is 5.32 Å². The first-order valence-electron chi connectivity index (χ1n) is 4.63. The predicted octanol–water partition coefficient (Wildman–Crippen LogP) is 2.48. The summed E-state index contributed by atoms with van der Waals surface area (Å²) in [6.07, 6.45) is 8.47. The highest BCUT2D eigenvalue weighted by Crippen LogP contribution is 2.24. The molecule has 0 aliphatic carbocycles. The van der Waals surface area contributed by atoms with E-state index in [9.17, 15) is 0 Å². The Morgan fingerprint density at radius 1 is 1.64 bits per heavy atom. The Balaban J connectivity index is 2.17. The maximum absolute atomic E-state index is 3.73. The monoisotopic (exact) mass is 153 g/mol. The molecule has 1 atom stereocenters. The maximum atomic E-state index is 3.73. The fourth-order valence-electron chi connectivity index (χ4n) is 1.81. The molecule has 1 heteroatoms. The highest BCUT2D eigenvalue weighted by atomic mass is 15.0. The molecular weight excluding hydrogens is 134 g/mol. The van der Waals surface area contributed by atoms with Crippen LogP contribution >= 0.6 is 0 Å². The molecule has 11 heavy (non-hydrogen) atoms. The van der Waals surface area contributed by atoms with E-state index in [0.717, 1.165) is 6.42 Å². The molecule has 0 radical (unpaired) electrons. The lowest BCUT2D eigenvalue weighted by molar-refractivity contribution is 0.375. The zero-order valence-corrected chi connectivity index (χ0v) is 7.53. The van der Waals surface area contributed by atoms with Crippen molar-refractivity contribution in [1.82, 2.24) is 5.32 Å². The minimum Gasteiger partial charge on any atom is -0.312 e. The van der Waals surface area contributed by atoms with Gasteiger partial charge in [-0.1, -0.05) is 6.08 Å². The second-order valence-electron chi connectivity index (χ2n) is 3.77. The molecule has 1 unspecified atom stereocenters. The van der Waals surface area contributed by atoms with Gasteiger partial charge in [0.15, 0.2) is 0 Å². The van der Waals surface area contributed by atoms with Crippen LogP contribution in [0.25, 0.3) is 0 Å². The summed E-state index contributed by atoms with van der Waals surface area (Å²) in [5.41, 5.74) is 0.447. The predicted molar refractivity (Wildman–Crippen MR) is 49.7 cm³/mol. The van der Waals surface area contributed by atoms with E-state index in [1.807, 2.05) is 6.08 Å². The number of rotatable bonds is 4. The molecule has 1 fully saturated rings. The Hall–Kier alpha value is -0.300. The van der Waals surface area contributed by atoms with Gasteiger partial charge >= 0.3 is 0 Å². The van der Waals surface area contributed by atoms with E-state index < -0.39 is 0 Å². The molecule has 1 saturated heterocycles. The molecule has 0 aromatic rings. The Morgan fingerprint density at radius 3 is 3.00 bits per heavy atom. The van der Waals surface area contributed by atoms with Crippen LogP contribution in [0.3, 0.4) is 0 Å². The van der Waals surface area contributed by atoms with Crippen molar-refractivity contribution in [2.24, 2.45) is 0 Å². The Morgan fingerprint density at radius 2 is 2.45 bits per heavy atom. The minimum atomic E-state index is 0.447. The molecule has 1 heterocycles. The number of hydrogen-bond acceptors (Lipinski definition) is 1. The van der Waals surface area contributed by atoms with Crippen molar-refractivity contribution < 1.29 is 0 Å². The normalized spacial score (nSPS) is 30.6. The van der Waals surface area contributed by atoms with Gasteiger partial charge in [-0.2, -0.15) is 0 Å². The maximum Gasteiger partial charge on any atom is 0.0153 e. The fraction of sp³-hybridized carbons (Fsp3) is 0.800. The van der Waals surface area contributed by atoms with Crippen molar-refractivity contribution in [3.05, 3.63) is 12.7 Å². The number of unbranched alkanes of at least 4 members (excludes halogenated alkanes) is 1. The van der Waals surface area contributed by atoms with E-state index >= 15 is 0 Å². The third kappa shape index (κ3) is 2.66. The highest BCUT2D eigenvalue weighted by Gasteiger charge is 2.26. The summed E-state index contributed by atoms with van der Waals surface area (Å²) in [4.78, 5) is 0. The summed E-state index contributed by atoms with van der Waals surface area (Å²) < 4.78 is 0. The highest BCUT2D eigenvalue weighted by molar-refractivity contribution is 4.88. The van der Waals surface area contributed by atoms with Crippen molar-refractivity contribution in [2.45, 2.75) is 44.6 Å². The third-order valence-corrected chi connectivity index (χ3v) is 2.59. The average molecular weight is 153 g/mol. The first kappa shape index (κ1) is 8.79. The molecule has 0 aromatic heterocycles. The molecule has 1 rings (SSSR count). The van der Waals surface area contributed by atoms with Gasteiger partial charge in [0.05, 0.1) is 0 Å². The van der Waals surface area contributed by atoms with E-state index in [-0.39, 0.29) is 0 Å². The third-order valence-electron chi connectivity index (χ3n) is 2.59. The molecule has 64 valence electrons. The first-order valence-corrected chi connectivity index (χ1v) is 4.63. The lowest BCUT2D eigenvalue weighted by atomic mass is 9.93. The molecule has 1 aliphatic rings. The van der Waals surface area contributed by atoms with Crippen LogP contribution in [0.1, 0.15) is 39.0 Å². The molecule has 0 bridgehead atoms. The summed E-state index contributed by atoms with van der Waals surface area (Å²) in [7, 11) is 0. The molecule has 1 N–H and O–H groups in total. The van der Waals surface area contributed by atoms with Gasteiger partial charge in [0.1, 0.15) is 0 Å². The van der Waals surface area contributed by atoms with E-state index in [1.54, 1.807) is 0 Å². The fourth-order valence-corrected chi connectivity index (χ4v) is 1.81. The van der Waals surface area contributed by atoms with Crippen molar-refractivity contribution in [1.29, 1.82) is 0 Å². The lowest BCUT2D eigenvalue weighted by Crippen LogP contribution is -2.35. The Labute approximate surface area is 69.9 Å². The molecule has 0 amide bonds. The standard InChI is InChI=1S/C10H19N/c1-3-4-5-7-10(2)8-6-9-11-10/h3,11H,1,4-9H2,2H3. The summed E-state index contributed by atoms with van der Waals surface area (Å²) in [5, 5.41) is 3.56. The van der Waals surface area contributed by atoms with Gasteiger partial charge in [0.2, 0.25) is 0 Å². The van der Waals surface area contributed by atoms with Gasteiger partial charge in [-0.3, -0.25) is 0 Å². The first-order chi connectivity index (χ1) is 5.27. The van der Waals surface area contributed by atoms with Crippen molar-refractivity contribution in [3.63, 3.8) is 0 Å². The topological polar surface area (TPSA) is 12.0 Å². The van der Waals surface area contributed by atoms with Crippen LogP contribution in [0.5, 0.6) is 0 Å². The molecule has 0 saturated carbocycles. The molecule has 0 aromatic carbocycles. The van der Waals surface area contributed by atoms with E-state index in [1.165, 1.54) is 32.2 Å². The zero-order chi connectivity index (χ0) is 8.16. The summed E-state index contributed by atoms with van der Waals surface area (Å²) in [6.45, 7) is 7.28. The zero-order valence-electron chi connectivity index (χ0n) is 7.53. The van der Waals surface area contributed by atoms with Crippen LogP contribution < -0.4 is 5.32 Å².